The van der Waals surface area contributed by atoms with Crippen LogP contribution in [0, 0.1) is 5.92 Å². The van der Waals surface area contributed by atoms with E-state index in [-0.39, 0.29) is 18.8 Å². The summed E-state index contributed by atoms with van der Waals surface area (Å²) < 4.78 is 25.7. The van der Waals surface area contributed by atoms with E-state index in [9.17, 15) is 8.78 Å². The van der Waals surface area contributed by atoms with Crippen molar-refractivity contribution in [3.05, 3.63) is 0 Å². The van der Waals surface area contributed by atoms with Crippen molar-refractivity contribution in [2.75, 3.05) is 0 Å². The molecule has 0 aromatic heterocycles. The summed E-state index contributed by atoms with van der Waals surface area (Å²) in [7, 11) is 0. The molecule has 0 aromatic rings. The van der Waals surface area contributed by atoms with E-state index in [4.69, 9.17) is 0 Å². The molecule has 102 valence electrons. The summed E-state index contributed by atoms with van der Waals surface area (Å²) in [6, 6.07) is 0. The standard InChI is InChI=1S/C10H20F2.2C2H6/c1-4-6-7-9(3)8-10(11,12)5-2;2*1-2/h9H,4-8H2,1-3H3;2*1-2H3. The molecule has 0 saturated heterocycles. The number of rotatable bonds is 6. The van der Waals surface area contributed by atoms with Crippen LogP contribution < -0.4 is 0 Å². The summed E-state index contributed by atoms with van der Waals surface area (Å²) in [6.07, 6.45) is 3.14. The molecule has 0 N–H and O–H groups in total. The van der Waals surface area contributed by atoms with Crippen LogP contribution in [0.4, 0.5) is 8.78 Å². The highest BCUT2D eigenvalue weighted by Gasteiger charge is 2.27. The molecule has 1 atom stereocenters. The van der Waals surface area contributed by atoms with Crippen LogP contribution in [0.25, 0.3) is 0 Å². The second-order valence-electron chi connectivity index (χ2n) is 3.66. The fourth-order valence-electron chi connectivity index (χ4n) is 1.31. The number of halogens is 2. The van der Waals surface area contributed by atoms with Crippen LogP contribution in [-0.4, -0.2) is 5.92 Å². The normalized spacial score (nSPS) is 11.8. The van der Waals surface area contributed by atoms with Crippen molar-refractivity contribution >= 4 is 0 Å². The van der Waals surface area contributed by atoms with Gasteiger partial charge in [-0.1, -0.05) is 67.7 Å². The van der Waals surface area contributed by atoms with Gasteiger partial charge in [0.25, 0.3) is 0 Å². The van der Waals surface area contributed by atoms with Crippen LogP contribution in [0.1, 0.15) is 80.6 Å². The van der Waals surface area contributed by atoms with E-state index in [1.54, 1.807) is 6.92 Å². The smallest absolute Gasteiger partial charge is 0.207 e. The van der Waals surface area contributed by atoms with Gasteiger partial charge in [-0.2, -0.15) is 0 Å². The van der Waals surface area contributed by atoms with Crippen LogP contribution in [-0.2, 0) is 0 Å². The highest BCUT2D eigenvalue weighted by atomic mass is 19.3. The van der Waals surface area contributed by atoms with Gasteiger partial charge in [0.1, 0.15) is 0 Å². The molecule has 0 saturated carbocycles. The second kappa shape index (κ2) is 14.9. The van der Waals surface area contributed by atoms with E-state index in [1.807, 2.05) is 34.6 Å². The minimum atomic E-state index is -2.44. The minimum absolute atomic E-state index is 0.0243. The first-order chi connectivity index (χ1) is 7.52. The Morgan fingerprint density at radius 3 is 1.75 bits per heavy atom. The zero-order valence-electron chi connectivity index (χ0n) is 12.4. The molecular weight excluding hydrogens is 206 g/mol. The molecule has 0 aromatic carbocycles. The molecule has 0 amide bonds. The van der Waals surface area contributed by atoms with Crippen molar-refractivity contribution in [3.8, 4) is 0 Å². The molecule has 0 heterocycles. The van der Waals surface area contributed by atoms with E-state index in [0.29, 0.717) is 0 Å². The van der Waals surface area contributed by atoms with Gasteiger partial charge in [-0.05, 0) is 5.92 Å². The summed E-state index contributed by atoms with van der Waals surface area (Å²) in [5, 5.41) is 0. The first kappa shape index (κ1) is 21.2. The summed E-state index contributed by atoms with van der Waals surface area (Å²) in [4.78, 5) is 0. The van der Waals surface area contributed by atoms with Crippen LogP contribution >= 0.6 is 0 Å². The molecule has 0 aliphatic heterocycles. The highest BCUT2D eigenvalue weighted by molar-refractivity contribution is 4.67. The molecule has 0 fully saturated rings. The number of alkyl halides is 2. The fourth-order valence-corrected chi connectivity index (χ4v) is 1.31. The van der Waals surface area contributed by atoms with Crippen molar-refractivity contribution in [1.82, 2.24) is 0 Å². The lowest BCUT2D eigenvalue weighted by molar-refractivity contribution is -0.0254. The Balaban J connectivity index is -0.000000376. The van der Waals surface area contributed by atoms with Gasteiger partial charge in [-0.3, -0.25) is 0 Å². The van der Waals surface area contributed by atoms with Gasteiger partial charge in [0, 0.05) is 12.8 Å². The van der Waals surface area contributed by atoms with E-state index in [0.717, 1.165) is 19.3 Å². The Kier molecular flexibility index (Phi) is 19.7. The summed E-state index contributed by atoms with van der Waals surface area (Å²) in [5.41, 5.74) is 0. The van der Waals surface area contributed by atoms with Gasteiger partial charge in [-0.15, -0.1) is 0 Å². The molecule has 1 unspecified atom stereocenters. The van der Waals surface area contributed by atoms with Gasteiger partial charge in [0.2, 0.25) is 5.92 Å². The molecule has 2 heteroatoms. The molecule has 0 bridgehead atoms. The van der Waals surface area contributed by atoms with Crippen molar-refractivity contribution in [3.63, 3.8) is 0 Å². The van der Waals surface area contributed by atoms with Crippen molar-refractivity contribution < 1.29 is 8.78 Å². The average Bonchev–Trinajstić information content (AvgIpc) is 2.31. The third-order valence-electron chi connectivity index (χ3n) is 2.21. The maximum Gasteiger partial charge on any atom is 0.248 e. The second-order valence-corrected chi connectivity index (χ2v) is 3.66. The van der Waals surface area contributed by atoms with Crippen molar-refractivity contribution in [2.24, 2.45) is 5.92 Å². The quantitative estimate of drug-likeness (QED) is 0.509. The largest absolute Gasteiger partial charge is 0.248 e. The summed E-state index contributed by atoms with van der Waals surface area (Å²) in [6.45, 7) is 13.6. The first-order valence-electron chi connectivity index (χ1n) is 6.89. The SMILES string of the molecule is CC.CC.CCCCC(C)CC(F)(F)CC. The Bertz CT molecular complexity index is 111. The van der Waals surface area contributed by atoms with Crippen molar-refractivity contribution in [1.29, 1.82) is 0 Å². The maximum absolute atomic E-state index is 12.8. The average molecular weight is 238 g/mol. The molecule has 0 rings (SSSR count). The molecule has 0 aliphatic carbocycles. The van der Waals surface area contributed by atoms with Gasteiger partial charge < -0.3 is 0 Å². The molecule has 0 nitrogen and oxygen atoms in total. The van der Waals surface area contributed by atoms with Gasteiger partial charge in [0.05, 0.1) is 0 Å². The monoisotopic (exact) mass is 238 g/mol. The van der Waals surface area contributed by atoms with E-state index in [2.05, 4.69) is 6.92 Å². The number of unbranched alkanes of at least 4 members (excludes halogenated alkanes) is 1. The third-order valence-corrected chi connectivity index (χ3v) is 2.21. The van der Waals surface area contributed by atoms with Crippen LogP contribution in [0.3, 0.4) is 0 Å². The predicted molar refractivity (Wildman–Crippen MR) is 71.2 cm³/mol. The van der Waals surface area contributed by atoms with Gasteiger partial charge in [-0.25, -0.2) is 8.78 Å². The van der Waals surface area contributed by atoms with Gasteiger partial charge in [0.15, 0.2) is 0 Å². The Labute approximate surface area is 102 Å². The fraction of sp³-hybridized carbons (Fsp3) is 1.00. The van der Waals surface area contributed by atoms with E-state index in [1.165, 1.54) is 0 Å². The summed E-state index contributed by atoms with van der Waals surface area (Å²) >= 11 is 0. The highest BCUT2D eigenvalue weighted by Crippen LogP contribution is 2.28. The minimum Gasteiger partial charge on any atom is -0.207 e. The lowest BCUT2D eigenvalue weighted by Gasteiger charge is -2.18. The topological polar surface area (TPSA) is 0 Å². The Hall–Kier alpha value is -0.140. The maximum atomic E-state index is 12.8. The van der Waals surface area contributed by atoms with Crippen LogP contribution in [0.5, 0.6) is 0 Å². The molecule has 0 radical (unpaired) electrons. The van der Waals surface area contributed by atoms with E-state index < -0.39 is 5.92 Å². The van der Waals surface area contributed by atoms with Crippen LogP contribution in [0.15, 0.2) is 0 Å². The predicted octanol–water partition coefficient (Wildman–Crippen LogP) is 6.30. The third kappa shape index (κ3) is 16.3. The van der Waals surface area contributed by atoms with Crippen LogP contribution in [0.2, 0.25) is 0 Å². The number of hydrogen-bond acceptors (Lipinski definition) is 0. The Morgan fingerprint density at radius 2 is 1.44 bits per heavy atom. The van der Waals surface area contributed by atoms with Gasteiger partial charge >= 0.3 is 0 Å². The lowest BCUT2D eigenvalue weighted by atomic mass is 9.96. The van der Waals surface area contributed by atoms with E-state index >= 15 is 0 Å². The first-order valence-corrected chi connectivity index (χ1v) is 6.89. The molecule has 0 aliphatic rings. The summed E-state index contributed by atoms with van der Waals surface area (Å²) in [5.74, 6) is -2.27. The Morgan fingerprint density at radius 1 is 1.00 bits per heavy atom. The molecule has 0 spiro atoms. The lowest BCUT2D eigenvalue weighted by Crippen LogP contribution is -2.18. The molecular formula is C14H32F2. The number of hydrogen-bond donors (Lipinski definition) is 0. The molecule has 16 heavy (non-hydrogen) atoms. The zero-order valence-corrected chi connectivity index (χ0v) is 12.4. The zero-order chi connectivity index (χ0) is 13.6. The van der Waals surface area contributed by atoms with Crippen molar-refractivity contribution in [2.45, 2.75) is 86.5 Å².